The van der Waals surface area contributed by atoms with Crippen LogP contribution in [-0.2, 0) is 13.5 Å². The molecule has 12 heavy (non-hydrogen) atoms. The van der Waals surface area contributed by atoms with Crippen LogP contribution >= 0.6 is 25.3 Å². The number of thiol groups is 2. The molecule has 0 aliphatic rings. The van der Waals surface area contributed by atoms with Gasteiger partial charge < -0.3 is 0 Å². The SMILES string of the molecule is Cn1ccc(C[C@@](C)(S)CS)n1. The van der Waals surface area contributed by atoms with Gasteiger partial charge in [0.2, 0.25) is 0 Å². The normalized spacial score (nSPS) is 16.0. The molecule has 0 unspecified atom stereocenters. The first-order valence-electron chi connectivity index (χ1n) is 3.85. The third-order valence-corrected chi connectivity index (χ3v) is 2.94. The number of hydrogen-bond donors (Lipinski definition) is 2. The van der Waals surface area contributed by atoms with Gasteiger partial charge in [-0.25, -0.2) is 0 Å². The zero-order valence-electron chi connectivity index (χ0n) is 7.36. The van der Waals surface area contributed by atoms with E-state index in [-0.39, 0.29) is 4.75 Å². The number of aryl methyl sites for hydroxylation is 1. The molecule has 0 N–H and O–H groups in total. The standard InChI is InChI=1S/C8H14N2S2/c1-8(12,6-11)5-7-3-4-10(2)9-7/h3-4,11-12H,5-6H2,1-2H3/t8-/m1/s1. The van der Waals surface area contributed by atoms with Crippen LogP contribution in [0.25, 0.3) is 0 Å². The minimum atomic E-state index is -0.0581. The summed E-state index contributed by atoms with van der Waals surface area (Å²) in [6, 6.07) is 2.01. The minimum absolute atomic E-state index is 0.0581. The molecule has 0 radical (unpaired) electrons. The van der Waals surface area contributed by atoms with Crippen molar-refractivity contribution in [3.63, 3.8) is 0 Å². The summed E-state index contributed by atoms with van der Waals surface area (Å²) in [5.74, 6) is 0.757. The molecule has 1 aromatic heterocycles. The molecular weight excluding hydrogens is 188 g/mol. The molecule has 0 saturated heterocycles. The zero-order valence-corrected chi connectivity index (χ0v) is 9.15. The molecule has 0 amide bonds. The predicted molar refractivity (Wildman–Crippen MR) is 58.2 cm³/mol. The van der Waals surface area contributed by atoms with Crippen molar-refractivity contribution in [1.82, 2.24) is 9.78 Å². The van der Waals surface area contributed by atoms with Gasteiger partial charge in [0.1, 0.15) is 0 Å². The summed E-state index contributed by atoms with van der Waals surface area (Å²) in [5.41, 5.74) is 1.07. The van der Waals surface area contributed by atoms with Gasteiger partial charge in [-0.3, -0.25) is 4.68 Å². The highest BCUT2D eigenvalue weighted by Gasteiger charge is 2.18. The van der Waals surface area contributed by atoms with Crippen molar-refractivity contribution in [3.8, 4) is 0 Å². The van der Waals surface area contributed by atoms with Crippen molar-refractivity contribution in [2.75, 3.05) is 5.75 Å². The van der Waals surface area contributed by atoms with Gasteiger partial charge in [0.25, 0.3) is 0 Å². The molecule has 0 bridgehead atoms. The molecule has 68 valence electrons. The Morgan fingerprint density at radius 1 is 1.67 bits per heavy atom. The lowest BCUT2D eigenvalue weighted by molar-refractivity contribution is 0.678. The van der Waals surface area contributed by atoms with Gasteiger partial charge in [-0.2, -0.15) is 30.4 Å². The number of rotatable bonds is 3. The van der Waals surface area contributed by atoms with Crippen LogP contribution in [0.3, 0.4) is 0 Å². The molecule has 0 aliphatic heterocycles. The number of hydrogen-bond acceptors (Lipinski definition) is 3. The van der Waals surface area contributed by atoms with E-state index in [0.29, 0.717) is 0 Å². The Hall–Kier alpha value is -0.0900. The van der Waals surface area contributed by atoms with Crippen LogP contribution in [-0.4, -0.2) is 20.3 Å². The first-order chi connectivity index (χ1) is 5.53. The lowest BCUT2D eigenvalue weighted by Gasteiger charge is -2.18. The van der Waals surface area contributed by atoms with E-state index in [0.717, 1.165) is 17.9 Å². The van der Waals surface area contributed by atoms with Gasteiger partial charge in [-0.1, -0.05) is 0 Å². The summed E-state index contributed by atoms with van der Waals surface area (Å²) in [6.45, 7) is 2.07. The van der Waals surface area contributed by atoms with Crippen molar-refractivity contribution in [2.24, 2.45) is 7.05 Å². The Morgan fingerprint density at radius 2 is 2.33 bits per heavy atom. The van der Waals surface area contributed by atoms with Gasteiger partial charge in [0.15, 0.2) is 0 Å². The molecule has 0 spiro atoms. The summed E-state index contributed by atoms with van der Waals surface area (Å²) in [5, 5.41) is 4.28. The van der Waals surface area contributed by atoms with Crippen LogP contribution in [0.2, 0.25) is 0 Å². The van der Waals surface area contributed by atoms with Crippen molar-refractivity contribution in [2.45, 2.75) is 18.1 Å². The average molecular weight is 202 g/mol. The van der Waals surface area contributed by atoms with E-state index >= 15 is 0 Å². The summed E-state index contributed by atoms with van der Waals surface area (Å²) in [4.78, 5) is 0. The number of aromatic nitrogens is 2. The summed E-state index contributed by atoms with van der Waals surface area (Å²) >= 11 is 8.71. The Morgan fingerprint density at radius 3 is 2.75 bits per heavy atom. The fourth-order valence-electron chi connectivity index (χ4n) is 1.00. The van der Waals surface area contributed by atoms with E-state index in [1.54, 1.807) is 4.68 Å². The predicted octanol–water partition coefficient (Wildman–Crippen LogP) is 1.58. The summed E-state index contributed by atoms with van der Waals surface area (Å²) in [7, 11) is 1.92. The lowest BCUT2D eigenvalue weighted by atomic mass is 10.1. The van der Waals surface area contributed by atoms with Crippen LogP contribution in [0.15, 0.2) is 12.3 Å². The van der Waals surface area contributed by atoms with Crippen LogP contribution in [0.4, 0.5) is 0 Å². The second-order valence-electron chi connectivity index (χ2n) is 3.31. The Kier molecular flexibility index (Phi) is 3.12. The third-order valence-electron chi connectivity index (χ3n) is 1.67. The van der Waals surface area contributed by atoms with Crippen molar-refractivity contribution in [3.05, 3.63) is 18.0 Å². The van der Waals surface area contributed by atoms with Crippen molar-refractivity contribution in [1.29, 1.82) is 0 Å². The second kappa shape index (κ2) is 3.75. The van der Waals surface area contributed by atoms with Crippen LogP contribution < -0.4 is 0 Å². The van der Waals surface area contributed by atoms with E-state index in [1.165, 1.54) is 0 Å². The zero-order chi connectivity index (χ0) is 9.19. The minimum Gasteiger partial charge on any atom is -0.276 e. The molecule has 1 rings (SSSR count). The molecule has 1 aromatic rings. The highest BCUT2D eigenvalue weighted by atomic mass is 32.1. The molecule has 2 nitrogen and oxygen atoms in total. The van der Waals surface area contributed by atoms with Gasteiger partial charge in [0, 0.05) is 30.2 Å². The van der Waals surface area contributed by atoms with Gasteiger partial charge in [-0.15, -0.1) is 0 Å². The lowest BCUT2D eigenvalue weighted by Crippen LogP contribution is -2.22. The van der Waals surface area contributed by atoms with E-state index in [1.807, 2.05) is 19.3 Å². The highest BCUT2D eigenvalue weighted by Crippen LogP contribution is 2.20. The quantitative estimate of drug-likeness (QED) is 0.712. The fraction of sp³-hybridized carbons (Fsp3) is 0.625. The van der Waals surface area contributed by atoms with Crippen molar-refractivity contribution >= 4 is 25.3 Å². The average Bonchev–Trinajstić information content (AvgIpc) is 2.35. The molecule has 0 saturated carbocycles. The Labute approximate surface area is 84.2 Å². The molecular formula is C8H14N2S2. The second-order valence-corrected chi connectivity index (χ2v) is 4.71. The first kappa shape index (κ1) is 9.99. The maximum atomic E-state index is 4.48. The van der Waals surface area contributed by atoms with Crippen LogP contribution in [0, 0.1) is 0 Å². The van der Waals surface area contributed by atoms with E-state index in [2.05, 4.69) is 37.3 Å². The smallest absolute Gasteiger partial charge is 0.0638 e. The van der Waals surface area contributed by atoms with Crippen LogP contribution in [0.5, 0.6) is 0 Å². The first-order valence-corrected chi connectivity index (χ1v) is 4.93. The number of nitrogens with zero attached hydrogens (tertiary/aromatic N) is 2. The Balaban J connectivity index is 2.63. The van der Waals surface area contributed by atoms with E-state index in [4.69, 9.17) is 0 Å². The molecule has 1 heterocycles. The van der Waals surface area contributed by atoms with Crippen molar-refractivity contribution < 1.29 is 0 Å². The maximum Gasteiger partial charge on any atom is 0.0638 e. The van der Waals surface area contributed by atoms with Gasteiger partial charge in [0.05, 0.1) is 5.69 Å². The van der Waals surface area contributed by atoms with Gasteiger partial charge >= 0.3 is 0 Å². The maximum absolute atomic E-state index is 4.48. The molecule has 4 heteroatoms. The molecule has 0 aliphatic carbocycles. The van der Waals surface area contributed by atoms with E-state index < -0.39 is 0 Å². The Bertz CT molecular complexity index is 255. The topological polar surface area (TPSA) is 17.8 Å². The van der Waals surface area contributed by atoms with E-state index in [9.17, 15) is 0 Å². The fourth-order valence-corrected chi connectivity index (χ4v) is 1.28. The molecule has 0 aromatic carbocycles. The van der Waals surface area contributed by atoms with Gasteiger partial charge in [-0.05, 0) is 13.0 Å². The third kappa shape index (κ3) is 2.75. The molecule has 0 fully saturated rings. The summed E-state index contributed by atoms with van der Waals surface area (Å²) in [6.07, 6.45) is 2.80. The highest BCUT2D eigenvalue weighted by molar-refractivity contribution is 7.85. The summed E-state index contributed by atoms with van der Waals surface area (Å²) < 4.78 is 1.75. The van der Waals surface area contributed by atoms with Crippen LogP contribution in [0.1, 0.15) is 12.6 Å². The largest absolute Gasteiger partial charge is 0.276 e. The monoisotopic (exact) mass is 202 g/mol. The molecule has 1 atom stereocenters.